The van der Waals surface area contributed by atoms with Crippen molar-refractivity contribution in [2.24, 2.45) is 4.99 Å². The van der Waals surface area contributed by atoms with Crippen molar-refractivity contribution in [1.82, 2.24) is 0 Å². The van der Waals surface area contributed by atoms with Gasteiger partial charge in [0.05, 0.1) is 17.7 Å². The number of hydrogen-bond acceptors (Lipinski definition) is 6. The van der Waals surface area contributed by atoms with Gasteiger partial charge in [-0.05, 0) is 36.1 Å². The molecule has 0 spiro atoms. The predicted molar refractivity (Wildman–Crippen MR) is 129 cm³/mol. The molecule has 0 aliphatic carbocycles. The SMILES string of the molecule is COc1cc(C2=Nc3cccc4cccc(c34)N2)cc([N+](=O)[O-])c1OCc1ccc(C)cc1. The highest BCUT2D eigenvalue weighted by molar-refractivity contribution is 6.19. The lowest BCUT2D eigenvalue weighted by Gasteiger charge is -2.20. The van der Waals surface area contributed by atoms with Crippen LogP contribution in [0, 0.1) is 17.0 Å². The van der Waals surface area contributed by atoms with Crippen LogP contribution in [0.2, 0.25) is 0 Å². The highest BCUT2D eigenvalue weighted by Gasteiger charge is 2.25. The summed E-state index contributed by atoms with van der Waals surface area (Å²) in [5, 5.41) is 17.3. The third kappa shape index (κ3) is 3.85. The molecule has 4 aromatic rings. The molecule has 0 atom stereocenters. The van der Waals surface area contributed by atoms with Gasteiger partial charge in [0.1, 0.15) is 12.4 Å². The summed E-state index contributed by atoms with van der Waals surface area (Å²) in [6.45, 7) is 2.18. The van der Waals surface area contributed by atoms with E-state index in [4.69, 9.17) is 14.5 Å². The summed E-state index contributed by atoms with van der Waals surface area (Å²) in [7, 11) is 1.47. The lowest BCUT2D eigenvalue weighted by atomic mass is 10.0. The van der Waals surface area contributed by atoms with Crippen LogP contribution in [0.25, 0.3) is 10.8 Å². The van der Waals surface area contributed by atoms with E-state index in [-0.39, 0.29) is 23.8 Å². The normalized spacial score (nSPS) is 12.1. The van der Waals surface area contributed by atoms with Gasteiger partial charge in [-0.15, -0.1) is 0 Å². The number of hydrogen-bond donors (Lipinski definition) is 1. The molecule has 1 aliphatic rings. The molecule has 1 aliphatic heterocycles. The maximum absolute atomic E-state index is 11.9. The van der Waals surface area contributed by atoms with Crippen molar-refractivity contribution >= 4 is 33.7 Å². The quantitative estimate of drug-likeness (QED) is 0.288. The van der Waals surface area contributed by atoms with Crippen LogP contribution in [0.15, 0.2) is 77.8 Å². The monoisotopic (exact) mass is 439 g/mol. The number of nitrogens with one attached hydrogen (secondary N) is 1. The second-order valence-corrected chi connectivity index (χ2v) is 7.82. The zero-order valence-corrected chi connectivity index (χ0v) is 18.2. The summed E-state index contributed by atoms with van der Waals surface area (Å²) in [4.78, 5) is 16.2. The Hall–Kier alpha value is -4.39. The first-order chi connectivity index (χ1) is 16.0. The molecule has 0 amide bonds. The topological polar surface area (TPSA) is 86.0 Å². The van der Waals surface area contributed by atoms with E-state index in [1.54, 1.807) is 6.07 Å². The number of amidine groups is 1. The molecule has 33 heavy (non-hydrogen) atoms. The summed E-state index contributed by atoms with van der Waals surface area (Å²) >= 11 is 0. The van der Waals surface area contributed by atoms with E-state index in [1.165, 1.54) is 13.2 Å². The molecular formula is C26H21N3O4. The van der Waals surface area contributed by atoms with Crippen molar-refractivity contribution in [3.63, 3.8) is 0 Å². The number of anilines is 1. The molecule has 7 nitrogen and oxygen atoms in total. The number of nitro groups is 1. The largest absolute Gasteiger partial charge is 0.493 e. The highest BCUT2D eigenvalue weighted by atomic mass is 16.6. The van der Waals surface area contributed by atoms with Gasteiger partial charge < -0.3 is 14.8 Å². The Morgan fingerprint density at radius 1 is 1.03 bits per heavy atom. The van der Waals surface area contributed by atoms with Gasteiger partial charge in [-0.3, -0.25) is 10.1 Å². The van der Waals surface area contributed by atoms with E-state index in [9.17, 15) is 10.1 Å². The van der Waals surface area contributed by atoms with Gasteiger partial charge in [-0.1, -0.05) is 54.1 Å². The minimum atomic E-state index is -0.464. The highest BCUT2D eigenvalue weighted by Crippen LogP contribution is 2.41. The van der Waals surface area contributed by atoms with E-state index in [2.05, 4.69) is 5.32 Å². The summed E-state index contributed by atoms with van der Waals surface area (Å²) < 4.78 is 11.4. The second-order valence-electron chi connectivity index (χ2n) is 7.82. The molecule has 164 valence electrons. The van der Waals surface area contributed by atoms with E-state index < -0.39 is 4.92 Å². The van der Waals surface area contributed by atoms with Gasteiger partial charge >= 0.3 is 5.69 Å². The number of ether oxygens (including phenoxy) is 2. The van der Waals surface area contributed by atoms with E-state index in [0.717, 1.165) is 33.3 Å². The maximum Gasteiger partial charge on any atom is 0.315 e. The zero-order valence-electron chi connectivity index (χ0n) is 18.2. The molecular weight excluding hydrogens is 418 g/mol. The van der Waals surface area contributed by atoms with Crippen LogP contribution in [0.3, 0.4) is 0 Å². The molecule has 0 bridgehead atoms. The number of benzene rings is 4. The summed E-state index contributed by atoms with van der Waals surface area (Å²) in [5.74, 6) is 0.867. The Kier molecular flexibility index (Phi) is 5.14. The van der Waals surface area contributed by atoms with Crippen molar-refractivity contribution < 1.29 is 14.4 Å². The number of methoxy groups -OCH3 is 1. The second kappa shape index (κ2) is 8.27. The Bertz CT molecular complexity index is 1410. The van der Waals surface area contributed by atoms with Gasteiger partial charge in [0.15, 0.2) is 5.75 Å². The summed E-state index contributed by atoms with van der Waals surface area (Å²) in [5.41, 5.74) is 4.09. The van der Waals surface area contributed by atoms with Crippen LogP contribution in [0.5, 0.6) is 11.5 Å². The van der Waals surface area contributed by atoms with Gasteiger partial charge in [-0.25, -0.2) is 4.99 Å². The van der Waals surface area contributed by atoms with Crippen molar-refractivity contribution in [2.45, 2.75) is 13.5 Å². The average Bonchev–Trinajstić information content (AvgIpc) is 2.83. The van der Waals surface area contributed by atoms with Crippen LogP contribution < -0.4 is 14.8 Å². The van der Waals surface area contributed by atoms with Gasteiger partial charge in [0.25, 0.3) is 0 Å². The number of nitro benzene ring substituents is 1. The first-order valence-electron chi connectivity index (χ1n) is 10.5. The summed E-state index contributed by atoms with van der Waals surface area (Å²) in [6.07, 6.45) is 0. The molecule has 1 N–H and O–H groups in total. The van der Waals surface area contributed by atoms with E-state index >= 15 is 0 Å². The summed E-state index contributed by atoms with van der Waals surface area (Å²) in [6, 6.07) is 22.8. The van der Waals surface area contributed by atoms with Crippen LogP contribution in [0.1, 0.15) is 16.7 Å². The van der Waals surface area contributed by atoms with Crippen molar-refractivity contribution in [3.8, 4) is 11.5 Å². The molecule has 4 aromatic carbocycles. The minimum absolute atomic E-state index is 0.0886. The Morgan fingerprint density at radius 2 is 1.79 bits per heavy atom. The molecule has 0 fully saturated rings. The Labute approximate surface area is 190 Å². The molecule has 0 saturated heterocycles. The van der Waals surface area contributed by atoms with Crippen LogP contribution in [-0.2, 0) is 6.61 Å². The van der Waals surface area contributed by atoms with E-state index in [0.29, 0.717) is 11.4 Å². The average molecular weight is 439 g/mol. The first-order valence-corrected chi connectivity index (χ1v) is 10.5. The molecule has 0 saturated carbocycles. The molecule has 0 aromatic heterocycles. The molecule has 1 heterocycles. The van der Waals surface area contributed by atoms with Crippen molar-refractivity contribution in [1.29, 1.82) is 0 Å². The molecule has 7 heteroatoms. The Balaban J connectivity index is 1.55. The number of nitrogens with zero attached hydrogens (tertiary/aromatic N) is 2. The van der Waals surface area contributed by atoms with Crippen LogP contribution >= 0.6 is 0 Å². The lowest BCUT2D eigenvalue weighted by molar-refractivity contribution is -0.386. The minimum Gasteiger partial charge on any atom is -0.493 e. The lowest BCUT2D eigenvalue weighted by Crippen LogP contribution is -2.17. The maximum atomic E-state index is 11.9. The molecule has 0 radical (unpaired) electrons. The first kappa shape index (κ1) is 20.5. The number of aliphatic imine (C=N–C) groups is 1. The molecule has 5 rings (SSSR count). The fourth-order valence-corrected chi connectivity index (χ4v) is 3.93. The predicted octanol–water partition coefficient (Wildman–Crippen LogP) is 6.15. The van der Waals surface area contributed by atoms with Crippen molar-refractivity contribution in [3.05, 3.63) is 99.6 Å². The zero-order chi connectivity index (χ0) is 22.9. The van der Waals surface area contributed by atoms with Gasteiger partial charge in [-0.2, -0.15) is 0 Å². The third-order valence-electron chi connectivity index (χ3n) is 5.60. The number of rotatable bonds is 6. The van der Waals surface area contributed by atoms with Gasteiger partial charge in [0, 0.05) is 22.7 Å². The van der Waals surface area contributed by atoms with Crippen LogP contribution in [-0.4, -0.2) is 17.9 Å². The smallest absolute Gasteiger partial charge is 0.315 e. The fourth-order valence-electron chi connectivity index (χ4n) is 3.93. The fraction of sp³-hybridized carbons (Fsp3) is 0.115. The Morgan fingerprint density at radius 3 is 2.52 bits per heavy atom. The number of aryl methyl sites for hydroxylation is 1. The van der Waals surface area contributed by atoms with Gasteiger partial charge in [0.2, 0.25) is 5.75 Å². The van der Waals surface area contributed by atoms with Crippen LogP contribution in [0.4, 0.5) is 17.1 Å². The standard InChI is InChI=1S/C26H21N3O4/c1-16-9-11-17(12-10-16)15-33-25-22(29(30)31)13-19(14-23(25)32-2)26-27-20-7-3-5-18-6-4-8-21(28-26)24(18)20/h3-14H,15H2,1-2H3,(H,27,28). The van der Waals surface area contributed by atoms with E-state index in [1.807, 2.05) is 67.6 Å². The van der Waals surface area contributed by atoms with Crippen molar-refractivity contribution in [2.75, 3.05) is 12.4 Å². The third-order valence-corrected chi connectivity index (χ3v) is 5.60. The molecule has 0 unspecified atom stereocenters.